The largest absolute Gasteiger partial charge is 0.508 e. The number of aromatic hydroxyl groups is 2. The topological polar surface area (TPSA) is 40.5 Å². The first kappa shape index (κ1) is 11.6. The molecule has 1 rings (SSSR count). The van der Waals surface area contributed by atoms with Gasteiger partial charge in [0.2, 0.25) is 0 Å². The molecule has 0 radical (unpaired) electrons. The Labute approximate surface area is 90.9 Å². The lowest BCUT2D eigenvalue weighted by molar-refractivity contribution is 0.443. The molecule has 0 unspecified atom stereocenters. The van der Waals surface area contributed by atoms with Crippen molar-refractivity contribution in [1.82, 2.24) is 0 Å². The van der Waals surface area contributed by atoms with Crippen molar-refractivity contribution in [3.63, 3.8) is 0 Å². The molecule has 0 atom stereocenters. The van der Waals surface area contributed by atoms with Crippen molar-refractivity contribution in [2.75, 3.05) is 0 Å². The third kappa shape index (κ3) is 3.31. The van der Waals surface area contributed by atoms with Crippen LogP contribution < -0.4 is 0 Å². The number of hydrogen-bond donors (Lipinski definition) is 2. The lowest BCUT2D eigenvalue weighted by Crippen LogP contribution is -1.88. The van der Waals surface area contributed by atoms with Gasteiger partial charge in [-0.25, -0.2) is 0 Å². The van der Waals surface area contributed by atoms with Crippen LogP contribution in [0, 0.1) is 6.92 Å². The number of unbranched alkanes of at least 4 members (excludes halogenated alkanes) is 1. The van der Waals surface area contributed by atoms with Gasteiger partial charge in [0.15, 0.2) is 0 Å². The predicted octanol–water partition coefficient (Wildman–Crippen LogP) is 3.31. The highest BCUT2D eigenvalue weighted by Crippen LogP contribution is 2.27. The van der Waals surface area contributed by atoms with Crippen LogP contribution in [-0.4, -0.2) is 10.2 Å². The van der Waals surface area contributed by atoms with E-state index in [9.17, 15) is 10.2 Å². The highest BCUT2D eigenvalue weighted by atomic mass is 16.3. The summed E-state index contributed by atoms with van der Waals surface area (Å²) >= 11 is 0. The Morgan fingerprint density at radius 3 is 2.60 bits per heavy atom. The minimum atomic E-state index is 0.157. The molecule has 0 saturated carbocycles. The summed E-state index contributed by atoms with van der Waals surface area (Å²) < 4.78 is 0. The Morgan fingerprint density at radius 2 is 1.93 bits per heavy atom. The lowest BCUT2D eigenvalue weighted by Gasteiger charge is -2.06. The van der Waals surface area contributed by atoms with Gasteiger partial charge in [0.25, 0.3) is 0 Å². The summed E-state index contributed by atoms with van der Waals surface area (Å²) in [5, 5.41) is 19.0. The van der Waals surface area contributed by atoms with Crippen LogP contribution in [0.5, 0.6) is 11.5 Å². The highest BCUT2D eigenvalue weighted by molar-refractivity contribution is 5.44. The third-order valence-corrected chi connectivity index (χ3v) is 2.45. The maximum absolute atomic E-state index is 9.59. The second-order valence-electron chi connectivity index (χ2n) is 3.73. The summed E-state index contributed by atoms with van der Waals surface area (Å²) in [5.74, 6) is 0.350. The van der Waals surface area contributed by atoms with E-state index in [1.807, 2.05) is 26.0 Å². The van der Waals surface area contributed by atoms with Gasteiger partial charge < -0.3 is 10.2 Å². The van der Waals surface area contributed by atoms with Crippen molar-refractivity contribution in [2.45, 2.75) is 33.1 Å². The molecule has 0 fully saturated rings. The number of benzene rings is 1. The van der Waals surface area contributed by atoms with Crippen molar-refractivity contribution in [3.05, 3.63) is 35.4 Å². The smallest absolute Gasteiger partial charge is 0.122 e. The van der Waals surface area contributed by atoms with E-state index < -0.39 is 0 Å². The van der Waals surface area contributed by atoms with Crippen LogP contribution in [0.3, 0.4) is 0 Å². The molecule has 1 aromatic carbocycles. The van der Waals surface area contributed by atoms with Crippen molar-refractivity contribution >= 4 is 0 Å². The first-order valence-corrected chi connectivity index (χ1v) is 5.27. The molecule has 0 aliphatic carbocycles. The van der Waals surface area contributed by atoms with E-state index in [2.05, 4.69) is 6.08 Å². The zero-order valence-corrected chi connectivity index (χ0v) is 9.33. The van der Waals surface area contributed by atoms with E-state index in [1.54, 1.807) is 0 Å². The molecule has 0 bridgehead atoms. The van der Waals surface area contributed by atoms with Gasteiger partial charge in [-0.05, 0) is 50.3 Å². The van der Waals surface area contributed by atoms with E-state index in [0.717, 1.165) is 30.4 Å². The van der Waals surface area contributed by atoms with Crippen LogP contribution in [0.2, 0.25) is 0 Å². The number of rotatable bonds is 4. The van der Waals surface area contributed by atoms with E-state index in [-0.39, 0.29) is 11.5 Å². The average Bonchev–Trinajstić information content (AvgIpc) is 2.20. The fourth-order valence-corrected chi connectivity index (χ4v) is 1.52. The SMILES string of the molecule is CC=CCCCc1cc(C)c(O)cc1O. The molecule has 2 nitrogen and oxygen atoms in total. The van der Waals surface area contributed by atoms with Gasteiger partial charge in [-0.1, -0.05) is 12.2 Å². The molecule has 15 heavy (non-hydrogen) atoms. The number of phenolic OH excluding ortho intramolecular Hbond substituents is 2. The first-order chi connectivity index (χ1) is 7.15. The minimum absolute atomic E-state index is 0.157. The third-order valence-electron chi connectivity index (χ3n) is 2.45. The van der Waals surface area contributed by atoms with Crippen molar-refractivity contribution in [2.24, 2.45) is 0 Å². The Balaban J connectivity index is 2.65. The summed E-state index contributed by atoms with van der Waals surface area (Å²) in [5.41, 5.74) is 1.73. The summed E-state index contributed by atoms with van der Waals surface area (Å²) in [6.45, 7) is 3.84. The van der Waals surface area contributed by atoms with Gasteiger partial charge in [-0.3, -0.25) is 0 Å². The molecule has 0 amide bonds. The molecule has 0 aliphatic heterocycles. The van der Waals surface area contributed by atoms with Crippen LogP contribution in [0.25, 0.3) is 0 Å². The normalized spacial score (nSPS) is 11.1. The fourth-order valence-electron chi connectivity index (χ4n) is 1.52. The molecule has 0 aromatic heterocycles. The number of phenols is 2. The number of allylic oxidation sites excluding steroid dienone is 2. The molecule has 0 saturated heterocycles. The quantitative estimate of drug-likeness (QED) is 0.586. The minimum Gasteiger partial charge on any atom is -0.508 e. The lowest BCUT2D eigenvalue weighted by atomic mass is 10.0. The van der Waals surface area contributed by atoms with Gasteiger partial charge in [-0.2, -0.15) is 0 Å². The monoisotopic (exact) mass is 206 g/mol. The zero-order valence-electron chi connectivity index (χ0n) is 9.33. The van der Waals surface area contributed by atoms with E-state index in [1.165, 1.54) is 6.07 Å². The van der Waals surface area contributed by atoms with Crippen LogP contribution in [0.4, 0.5) is 0 Å². The molecule has 2 heteroatoms. The molecule has 1 aromatic rings. The second kappa shape index (κ2) is 5.44. The van der Waals surface area contributed by atoms with Gasteiger partial charge in [0.1, 0.15) is 11.5 Å². The molecule has 0 spiro atoms. The van der Waals surface area contributed by atoms with Crippen LogP contribution in [0.1, 0.15) is 30.9 Å². The van der Waals surface area contributed by atoms with E-state index in [4.69, 9.17) is 0 Å². The van der Waals surface area contributed by atoms with Crippen molar-refractivity contribution < 1.29 is 10.2 Å². The standard InChI is InChI=1S/C13H18O2/c1-3-4-5-6-7-11-8-10(2)12(14)9-13(11)15/h3-4,8-9,14-15H,5-7H2,1-2H3. The van der Waals surface area contributed by atoms with Gasteiger partial charge in [-0.15, -0.1) is 0 Å². The Kier molecular flexibility index (Phi) is 4.22. The fraction of sp³-hybridized carbons (Fsp3) is 0.385. The molecular weight excluding hydrogens is 188 g/mol. The predicted molar refractivity (Wildman–Crippen MR) is 62.3 cm³/mol. The van der Waals surface area contributed by atoms with Crippen molar-refractivity contribution in [3.8, 4) is 11.5 Å². The van der Waals surface area contributed by atoms with E-state index in [0.29, 0.717) is 0 Å². The first-order valence-electron chi connectivity index (χ1n) is 5.27. The summed E-state index contributed by atoms with van der Waals surface area (Å²) in [4.78, 5) is 0. The molecule has 82 valence electrons. The van der Waals surface area contributed by atoms with Crippen LogP contribution in [0.15, 0.2) is 24.3 Å². The molecule has 0 aliphatic rings. The Hall–Kier alpha value is -1.44. The number of hydrogen-bond acceptors (Lipinski definition) is 2. The van der Waals surface area contributed by atoms with Gasteiger partial charge >= 0.3 is 0 Å². The average molecular weight is 206 g/mol. The number of aryl methyl sites for hydroxylation is 2. The van der Waals surface area contributed by atoms with Crippen LogP contribution >= 0.6 is 0 Å². The maximum Gasteiger partial charge on any atom is 0.122 e. The van der Waals surface area contributed by atoms with Crippen molar-refractivity contribution in [1.29, 1.82) is 0 Å². The molecular formula is C13H18O2. The summed E-state index contributed by atoms with van der Waals surface area (Å²) in [6.07, 6.45) is 7.03. The molecule has 0 heterocycles. The van der Waals surface area contributed by atoms with Crippen LogP contribution in [-0.2, 0) is 6.42 Å². The Bertz CT molecular complexity index is 354. The van der Waals surface area contributed by atoms with Gasteiger partial charge in [0, 0.05) is 6.07 Å². The zero-order chi connectivity index (χ0) is 11.3. The highest BCUT2D eigenvalue weighted by Gasteiger charge is 2.04. The summed E-state index contributed by atoms with van der Waals surface area (Å²) in [7, 11) is 0. The Morgan fingerprint density at radius 1 is 1.20 bits per heavy atom. The second-order valence-corrected chi connectivity index (χ2v) is 3.73. The molecule has 2 N–H and O–H groups in total. The van der Waals surface area contributed by atoms with E-state index >= 15 is 0 Å². The van der Waals surface area contributed by atoms with Gasteiger partial charge in [0.05, 0.1) is 0 Å². The maximum atomic E-state index is 9.59. The summed E-state index contributed by atoms with van der Waals surface area (Å²) in [6, 6.07) is 3.26.